The third-order valence-electron chi connectivity index (χ3n) is 4.50. The zero-order valence-electron chi connectivity index (χ0n) is 17.0. The Hall–Kier alpha value is -2.60. The Morgan fingerprint density at radius 2 is 1.72 bits per heavy atom. The van der Waals surface area contributed by atoms with Crippen molar-refractivity contribution in [2.24, 2.45) is 5.92 Å². The van der Waals surface area contributed by atoms with Gasteiger partial charge in [-0.25, -0.2) is 0 Å². The van der Waals surface area contributed by atoms with Gasteiger partial charge >= 0.3 is 0 Å². The first-order valence-electron chi connectivity index (χ1n) is 10.1. The van der Waals surface area contributed by atoms with Gasteiger partial charge < -0.3 is 5.32 Å². The second kappa shape index (κ2) is 10.8. The molecule has 0 saturated heterocycles. The lowest BCUT2D eigenvalue weighted by Crippen LogP contribution is -2.25. The second-order valence-electron chi connectivity index (χ2n) is 7.33. The van der Waals surface area contributed by atoms with Crippen molar-refractivity contribution in [1.82, 2.24) is 20.1 Å². The van der Waals surface area contributed by atoms with Gasteiger partial charge in [-0.05, 0) is 30.9 Å². The lowest BCUT2D eigenvalue weighted by molar-refractivity contribution is -0.121. The van der Waals surface area contributed by atoms with Crippen LogP contribution < -0.4 is 5.32 Å². The Balaban J connectivity index is 1.64. The van der Waals surface area contributed by atoms with E-state index >= 15 is 0 Å². The van der Waals surface area contributed by atoms with Crippen LogP contribution in [0, 0.1) is 5.92 Å². The lowest BCUT2D eigenvalue weighted by Gasteiger charge is -2.10. The third kappa shape index (κ3) is 6.19. The van der Waals surface area contributed by atoms with Gasteiger partial charge in [0.1, 0.15) is 0 Å². The van der Waals surface area contributed by atoms with E-state index in [0.717, 1.165) is 47.4 Å². The fourth-order valence-corrected chi connectivity index (χ4v) is 3.82. The number of thioether (sulfide) groups is 1. The van der Waals surface area contributed by atoms with Crippen LogP contribution in [0.25, 0.3) is 17.1 Å². The van der Waals surface area contributed by atoms with E-state index in [0.29, 0.717) is 12.3 Å². The summed E-state index contributed by atoms with van der Waals surface area (Å²) in [7, 11) is 0. The van der Waals surface area contributed by atoms with Crippen molar-refractivity contribution < 1.29 is 4.79 Å². The van der Waals surface area contributed by atoms with Gasteiger partial charge in [-0.1, -0.05) is 74.1 Å². The Morgan fingerprint density at radius 3 is 2.41 bits per heavy atom. The Labute approximate surface area is 176 Å². The van der Waals surface area contributed by atoms with Gasteiger partial charge in [0, 0.05) is 30.0 Å². The first-order chi connectivity index (χ1) is 14.1. The summed E-state index contributed by atoms with van der Waals surface area (Å²) in [6, 6.07) is 20.2. The monoisotopic (exact) mass is 408 g/mol. The van der Waals surface area contributed by atoms with Gasteiger partial charge in [0.25, 0.3) is 0 Å². The highest BCUT2D eigenvalue weighted by molar-refractivity contribution is 7.99. The number of carbonyl (C=O) groups is 1. The van der Waals surface area contributed by atoms with Crippen LogP contribution in [-0.2, 0) is 4.79 Å². The average molecular weight is 409 g/mol. The fraction of sp³-hybridized carbons (Fsp3) is 0.348. The van der Waals surface area contributed by atoms with E-state index in [9.17, 15) is 4.79 Å². The molecule has 0 spiro atoms. The molecule has 1 N–H and O–H groups in total. The Morgan fingerprint density at radius 1 is 1.03 bits per heavy atom. The van der Waals surface area contributed by atoms with Crippen LogP contribution in [0.1, 0.15) is 33.1 Å². The molecule has 0 bridgehead atoms. The molecule has 0 fully saturated rings. The van der Waals surface area contributed by atoms with Crippen molar-refractivity contribution >= 4 is 17.7 Å². The smallest absolute Gasteiger partial charge is 0.220 e. The lowest BCUT2D eigenvalue weighted by atomic mass is 10.1. The van der Waals surface area contributed by atoms with E-state index in [2.05, 4.69) is 46.1 Å². The number of nitrogens with one attached hydrogen (secondary N) is 1. The third-order valence-corrected chi connectivity index (χ3v) is 5.52. The number of rotatable bonds is 10. The maximum atomic E-state index is 12.0. The number of carbonyl (C=O) groups excluding carboxylic acids is 1. The topological polar surface area (TPSA) is 59.8 Å². The highest BCUT2D eigenvalue weighted by atomic mass is 32.2. The normalized spacial score (nSPS) is 11.0. The van der Waals surface area contributed by atoms with E-state index in [-0.39, 0.29) is 5.91 Å². The second-order valence-corrected chi connectivity index (χ2v) is 8.39. The van der Waals surface area contributed by atoms with E-state index < -0.39 is 0 Å². The fourth-order valence-electron chi connectivity index (χ4n) is 2.93. The number of nitrogens with zero attached hydrogens (tertiary/aromatic N) is 3. The predicted octanol–water partition coefficient (Wildman–Crippen LogP) is 4.97. The van der Waals surface area contributed by atoms with Crippen molar-refractivity contribution in [3.8, 4) is 17.1 Å². The summed E-state index contributed by atoms with van der Waals surface area (Å²) in [6.45, 7) is 5.08. The SMILES string of the molecule is CC(C)CCNC(=O)CCCSc1nnc(-c2ccccc2)n1-c1ccccc1. The summed E-state index contributed by atoms with van der Waals surface area (Å²) in [4.78, 5) is 12.0. The molecular weight excluding hydrogens is 380 g/mol. The van der Waals surface area contributed by atoms with Crippen molar-refractivity contribution in [3.05, 3.63) is 60.7 Å². The molecule has 0 aliphatic carbocycles. The van der Waals surface area contributed by atoms with Crippen LogP contribution in [0.2, 0.25) is 0 Å². The first-order valence-corrected chi connectivity index (χ1v) is 11.1. The summed E-state index contributed by atoms with van der Waals surface area (Å²) in [5.74, 6) is 2.37. The molecule has 29 heavy (non-hydrogen) atoms. The van der Waals surface area contributed by atoms with Gasteiger partial charge in [-0.15, -0.1) is 10.2 Å². The standard InChI is InChI=1S/C23H28N4OS/c1-18(2)15-16-24-21(28)14-9-17-29-23-26-25-22(19-10-5-3-6-11-19)27(23)20-12-7-4-8-13-20/h3-8,10-13,18H,9,14-17H2,1-2H3,(H,24,28). The zero-order chi connectivity index (χ0) is 20.5. The number of hydrogen-bond acceptors (Lipinski definition) is 4. The van der Waals surface area contributed by atoms with Crippen LogP contribution >= 0.6 is 11.8 Å². The van der Waals surface area contributed by atoms with Gasteiger partial charge in [0.05, 0.1) is 0 Å². The average Bonchev–Trinajstić information content (AvgIpc) is 3.16. The summed E-state index contributed by atoms with van der Waals surface area (Å²) < 4.78 is 2.09. The van der Waals surface area contributed by atoms with Crippen LogP contribution in [0.3, 0.4) is 0 Å². The van der Waals surface area contributed by atoms with Crippen molar-refractivity contribution in [1.29, 1.82) is 0 Å². The highest BCUT2D eigenvalue weighted by Gasteiger charge is 2.15. The number of amides is 1. The molecule has 3 aromatic rings. The van der Waals surface area contributed by atoms with Crippen molar-refractivity contribution in [3.63, 3.8) is 0 Å². The minimum atomic E-state index is 0.126. The minimum Gasteiger partial charge on any atom is -0.356 e. The number of aromatic nitrogens is 3. The number of para-hydroxylation sites is 1. The molecular formula is C23H28N4OS. The molecule has 6 heteroatoms. The van der Waals surface area contributed by atoms with E-state index in [1.54, 1.807) is 11.8 Å². The molecule has 1 aromatic heterocycles. The molecule has 0 aliphatic rings. The molecule has 2 aromatic carbocycles. The first kappa shape index (κ1) is 21.1. The van der Waals surface area contributed by atoms with E-state index in [1.807, 2.05) is 48.5 Å². The van der Waals surface area contributed by atoms with Gasteiger partial charge in [-0.3, -0.25) is 9.36 Å². The molecule has 0 aliphatic heterocycles. The van der Waals surface area contributed by atoms with Gasteiger partial charge in [0.15, 0.2) is 11.0 Å². The highest BCUT2D eigenvalue weighted by Crippen LogP contribution is 2.28. The van der Waals surface area contributed by atoms with E-state index in [1.165, 1.54) is 0 Å². The molecule has 0 radical (unpaired) electrons. The summed E-state index contributed by atoms with van der Waals surface area (Å²) >= 11 is 1.64. The van der Waals surface area contributed by atoms with Crippen LogP contribution in [-0.4, -0.2) is 33.0 Å². The molecule has 1 amide bonds. The molecule has 0 unspecified atom stereocenters. The number of benzene rings is 2. The maximum absolute atomic E-state index is 12.0. The molecule has 0 atom stereocenters. The minimum absolute atomic E-state index is 0.126. The van der Waals surface area contributed by atoms with Crippen LogP contribution in [0.15, 0.2) is 65.8 Å². The largest absolute Gasteiger partial charge is 0.356 e. The maximum Gasteiger partial charge on any atom is 0.220 e. The molecule has 0 saturated carbocycles. The number of hydrogen-bond donors (Lipinski definition) is 1. The predicted molar refractivity (Wildman–Crippen MR) is 119 cm³/mol. The van der Waals surface area contributed by atoms with Crippen LogP contribution in [0.5, 0.6) is 0 Å². The summed E-state index contributed by atoms with van der Waals surface area (Å²) in [5.41, 5.74) is 2.06. The molecule has 152 valence electrons. The van der Waals surface area contributed by atoms with Gasteiger partial charge in [-0.2, -0.15) is 0 Å². The van der Waals surface area contributed by atoms with Crippen molar-refractivity contribution in [2.45, 2.75) is 38.3 Å². The van der Waals surface area contributed by atoms with Crippen LogP contribution in [0.4, 0.5) is 0 Å². The Kier molecular flexibility index (Phi) is 7.87. The summed E-state index contributed by atoms with van der Waals surface area (Å²) in [5, 5.41) is 12.7. The molecule has 5 nitrogen and oxygen atoms in total. The Bertz CT molecular complexity index is 894. The summed E-state index contributed by atoms with van der Waals surface area (Å²) in [6.07, 6.45) is 2.36. The zero-order valence-corrected chi connectivity index (χ0v) is 17.9. The van der Waals surface area contributed by atoms with E-state index in [4.69, 9.17) is 0 Å². The molecule has 3 rings (SSSR count). The van der Waals surface area contributed by atoms with Crippen molar-refractivity contribution in [2.75, 3.05) is 12.3 Å². The molecule has 1 heterocycles. The quantitative estimate of drug-likeness (QED) is 0.380. The van der Waals surface area contributed by atoms with Gasteiger partial charge in [0.2, 0.25) is 5.91 Å².